The average Bonchev–Trinajstić information content (AvgIpc) is 2.21. The van der Waals surface area contributed by atoms with Crippen LogP contribution in [0.15, 0.2) is 0 Å². The number of nitriles is 1. The molecule has 1 saturated carbocycles. The van der Waals surface area contributed by atoms with Crippen LogP contribution in [0.25, 0.3) is 0 Å². The molecular weight excluding hydrogens is 264 g/mol. The maximum Gasteiger partial charge on any atom is 0.408 e. The Labute approximate surface area is 117 Å². The molecule has 1 unspecified atom stereocenters. The number of aliphatic carboxylic acids is 1. The van der Waals surface area contributed by atoms with E-state index in [1.807, 2.05) is 6.07 Å². The number of nitrogens with zero attached hydrogens (tertiary/aromatic N) is 1. The highest BCUT2D eigenvalue weighted by atomic mass is 16.6. The van der Waals surface area contributed by atoms with Crippen molar-refractivity contribution in [2.45, 2.75) is 57.3 Å². The Kier molecular flexibility index (Phi) is 4.61. The standard InChI is InChI=1S/C13H20N2O5/c1-12(2,3)20-11(18)15-9(10(16)17)6-13(19)4-8(5-13)7-14/h8-9,19H,4-6H2,1-3H3,(H,15,18)(H,16,17). The largest absolute Gasteiger partial charge is 0.480 e. The Morgan fingerprint density at radius 3 is 2.45 bits per heavy atom. The Bertz CT molecular complexity index is 429. The number of nitrogens with one attached hydrogen (secondary N) is 1. The summed E-state index contributed by atoms with van der Waals surface area (Å²) < 4.78 is 4.98. The number of carboxylic acid groups (broad SMARTS) is 1. The van der Waals surface area contributed by atoms with Crippen molar-refractivity contribution in [3.63, 3.8) is 0 Å². The van der Waals surface area contributed by atoms with Crippen LogP contribution < -0.4 is 5.32 Å². The molecule has 112 valence electrons. The lowest BCUT2D eigenvalue weighted by Gasteiger charge is -2.41. The third-order valence-corrected chi connectivity index (χ3v) is 3.01. The molecule has 20 heavy (non-hydrogen) atoms. The number of alkyl carbamates (subject to hydrolysis) is 1. The van der Waals surface area contributed by atoms with Crippen LogP contribution in [-0.4, -0.2) is 39.5 Å². The monoisotopic (exact) mass is 284 g/mol. The summed E-state index contributed by atoms with van der Waals surface area (Å²) in [5, 5.41) is 30.0. The summed E-state index contributed by atoms with van der Waals surface area (Å²) in [5.41, 5.74) is -1.94. The zero-order chi connectivity index (χ0) is 15.6. The van der Waals surface area contributed by atoms with Gasteiger partial charge in [0.05, 0.1) is 17.6 Å². The topological polar surface area (TPSA) is 120 Å². The van der Waals surface area contributed by atoms with Crippen LogP contribution in [0.3, 0.4) is 0 Å². The number of carboxylic acids is 1. The van der Waals surface area contributed by atoms with E-state index in [1.54, 1.807) is 20.8 Å². The SMILES string of the molecule is CC(C)(C)OC(=O)NC(CC1(O)CC(C#N)C1)C(=O)O. The number of aliphatic hydroxyl groups is 1. The Balaban J connectivity index is 2.56. The molecule has 0 aromatic carbocycles. The van der Waals surface area contributed by atoms with Gasteiger partial charge >= 0.3 is 12.1 Å². The highest BCUT2D eigenvalue weighted by Gasteiger charge is 2.45. The molecule has 1 rings (SSSR count). The second-order valence-corrected chi connectivity index (χ2v) is 6.20. The van der Waals surface area contributed by atoms with E-state index in [9.17, 15) is 14.7 Å². The van der Waals surface area contributed by atoms with Gasteiger partial charge in [-0.05, 0) is 33.6 Å². The first-order valence-electron chi connectivity index (χ1n) is 6.39. The predicted octanol–water partition coefficient (Wildman–Crippen LogP) is 1.02. The lowest BCUT2D eigenvalue weighted by Crippen LogP contribution is -2.52. The molecule has 7 heteroatoms. The van der Waals surface area contributed by atoms with Gasteiger partial charge in [0.1, 0.15) is 11.6 Å². The predicted molar refractivity (Wildman–Crippen MR) is 68.7 cm³/mol. The smallest absolute Gasteiger partial charge is 0.408 e. The molecule has 1 aliphatic rings. The minimum Gasteiger partial charge on any atom is -0.480 e. The van der Waals surface area contributed by atoms with Gasteiger partial charge in [0, 0.05) is 6.42 Å². The summed E-state index contributed by atoms with van der Waals surface area (Å²) in [7, 11) is 0. The van der Waals surface area contributed by atoms with Gasteiger partial charge < -0.3 is 20.3 Å². The Morgan fingerprint density at radius 1 is 1.50 bits per heavy atom. The van der Waals surface area contributed by atoms with E-state index in [-0.39, 0.29) is 25.2 Å². The van der Waals surface area contributed by atoms with E-state index < -0.39 is 29.3 Å². The van der Waals surface area contributed by atoms with Crippen molar-refractivity contribution >= 4 is 12.1 Å². The number of hydrogen-bond acceptors (Lipinski definition) is 5. The third-order valence-electron chi connectivity index (χ3n) is 3.01. The van der Waals surface area contributed by atoms with E-state index in [0.717, 1.165) is 0 Å². The number of hydrogen-bond donors (Lipinski definition) is 3. The van der Waals surface area contributed by atoms with Crippen LogP contribution in [0, 0.1) is 17.2 Å². The first kappa shape index (κ1) is 16.2. The maximum absolute atomic E-state index is 11.6. The highest BCUT2D eigenvalue weighted by Crippen LogP contribution is 2.40. The molecule has 1 aliphatic carbocycles. The van der Waals surface area contributed by atoms with Crippen molar-refractivity contribution in [1.82, 2.24) is 5.32 Å². The fourth-order valence-corrected chi connectivity index (χ4v) is 2.15. The van der Waals surface area contributed by atoms with Crippen molar-refractivity contribution in [1.29, 1.82) is 5.26 Å². The number of carbonyl (C=O) groups is 2. The van der Waals surface area contributed by atoms with Crippen molar-refractivity contribution in [2.24, 2.45) is 5.92 Å². The Morgan fingerprint density at radius 2 is 2.05 bits per heavy atom. The zero-order valence-electron chi connectivity index (χ0n) is 11.8. The number of carbonyl (C=O) groups excluding carboxylic acids is 1. The van der Waals surface area contributed by atoms with Crippen molar-refractivity contribution in [3.8, 4) is 6.07 Å². The van der Waals surface area contributed by atoms with Crippen molar-refractivity contribution in [3.05, 3.63) is 0 Å². The fourth-order valence-electron chi connectivity index (χ4n) is 2.15. The van der Waals surface area contributed by atoms with Gasteiger partial charge in [0.2, 0.25) is 0 Å². The average molecular weight is 284 g/mol. The van der Waals surface area contributed by atoms with E-state index in [1.165, 1.54) is 0 Å². The molecule has 0 aromatic heterocycles. The second-order valence-electron chi connectivity index (χ2n) is 6.20. The number of amides is 1. The lowest BCUT2D eigenvalue weighted by atomic mass is 9.68. The van der Waals surface area contributed by atoms with E-state index >= 15 is 0 Å². The molecule has 7 nitrogen and oxygen atoms in total. The summed E-state index contributed by atoms with van der Waals surface area (Å²) in [6.07, 6.45) is -0.531. The van der Waals surface area contributed by atoms with Crippen LogP contribution in [-0.2, 0) is 9.53 Å². The Hall–Kier alpha value is -1.81. The molecule has 0 saturated heterocycles. The first-order valence-corrected chi connectivity index (χ1v) is 6.39. The highest BCUT2D eigenvalue weighted by molar-refractivity contribution is 5.80. The summed E-state index contributed by atoms with van der Waals surface area (Å²) in [6, 6.07) is 0.770. The van der Waals surface area contributed by atoms with Crippen LogP contribution in [0.4, 0.5) is 4.79 Å². The molecule has 0 bridgehead atoms. The van der Waals surface area contributed by atoms with Crippen LogP contribution >= 0.6 is 0 Å². The molecule has 1 amide bonds. The molecule has 0 spiro atoms. The first-order chi connectivity index (χ1) is 9.04. The minimum atomic E-state index is -1.25. The molecule has 0 aromatic rings. The van der Waals surface area contributed by atoms with Crippen LogP contribution in [0.2, 0.25) is 0 Å². The van der Waals surface area contributed by atoms with Crippen molar-refractivity contribution in [2.75, 3.05) is 0 Å². The molecule has 0 aliphatic heterocycles. The molecule has 3 N–H and O–H groups in total. The van der Waals surface area contributed by atoms with E-state index in [2.05, 4.69) is 5.32 Å². The minimum absolute atomic E-state index is 0.139. The molecule has 1 atom stereocenters. The third kappa shape index (κ3) is 4.70. The molecule has 0 radical (unpaired) electrons. The fraction of sp³-hybridized carbons (Fsp3) is 0.769. The summed E-state index contributed by atoms with van der Waals surface area (Å²) >= 11 is 0. The van der Waals surface area contributed by atoms with Crippen molar-refractivity contribution < 1.29 is 24.5 Å². The zero-order valence-corrected chi connectivity index (χ0v) is 11.8. The van der Waals surface area contributed by atoms with Crippen LogP contribution in [0.1, 0.15) is 40.0 Å². The number of ether oxygens (including phenoxy) is 1. The molecule has 0 heterocycles. The molecule has 1 fully saturated rings. The number of rotatable bonds is 4. The van der Waals surface area contributed by atoms with Gasteiger partial charge in [0.25, 0.3) is 0 Å². The van der Waals surface area contributed by atoms with Gasteiger partial charge in [-0.1, -0.05) is 0 Å². The van der Waals surface area contributed by atoms with E-state index in [0.29, 0.717) is 0 Å². The van der Waals surface area contributed by atoms with Gasteiger partial charge in [-0.2, -0.15) is 5.26 Å². The van der Waals surface area contributed by atoms with Gasteiger partial charge in [-0.3, -0.25) is 0 Å². The molecular formula is C13H20N2O5. The van der Waals surface area contributed by atoms with Crippen LogP contribution in [0.5, 0.6) is 0 Å². The normalized spacial score (nSPS) is 26.9. The summed E-state index contributed by atoms with van der Waals surface area (Å²) in [6.45, 7) is 5.00. The lowest BCUT2D eigenvalue weighted by molar-refractivity contribution is -0.144. The second kappa shape index (κ2) is 5.67. The van der Waals surface area contributed by atoms with E-state index in [4.69, 9.17) is 15.1 Å². The van der Waals surface area contributed by atoms with Gasteiger partial charge in [-0.15, -0.1) is 0 Å². The maximum atomic E-state index is 11.6. The van der Waals surface area contributed by atoms with Gasteiger partial charge in [-0.25, -0.2) is 9.59 Å². The van der Waals surface area contributed by atoms with Gasteiger partial charge in [0.15, 0.2) is 0 Å². The quantitative estimate of drug-likeness (QED) is 0.709. The summed E-state index contributed by atoms with van der Waals surface area (Å²) in [4.78, 5) is 22.7. The summed E-state index contributed by atoms with van der Waals surface area (Å²) in [5.74, 6) is -1.50.